The number of aryl methyl sites for hydroxylation is 1. The van der Waals surface area contributed by atoms with Gasteiger partial charge < -0.3 is 5.32 Å². The fourth-order valence-corrected chi connectivity index (χ4v) is 2.08. The van der Waals surface area contributed by atoms with E-state index in [1.807, 2.05) is 24.4 Å². The molecule has 0 fully saturated rings. The first-order valence-electron chi connectivity index (χ1n) is 5.25. The highest BCUT2D eigenvalue weighted by Crippen LogP contribution is 2.21. The van der Waals surface area contributed by atoms with Crippen molar-refractivity contribution >= 4 is 37.5 Å². The van der Waals surface area contributed by atoms with E-state index < -0.39 is 0 Å². The van der Waals surface area contributed by atoms with Crippen LogP contribution in [0.3, 0.4) is 0 Å². The van der Waals surface area contributed by atoms with Gasteiger partial charge in [-0.25, -0.2) is 0 Å². The monoisotopic (exact) mass is 354 g/mol. The normalized spacial score (nSPS) is 10.3. The lowest BCUT2D eigenvalue weighted by Crippen LogP contribution is -2.02. The van der Waals surface area contributed by atoms with E-state index in [1.54, 1.807) is 0 Å². The Hall–Kier alpha value is -0.870. The first kappa shape index (κ1) is 12.6. The summed E-state index contributed by atoms with van der Waals surface area (Å²) in [5.41, 5.74) is 3.38. The number of hydrogen-bond donors (Lipinski definition) is 1. The number of nitrogens with one attached hydrogen (secondary N) is 1. The van der Waals surface area contributed by atoms with E-state index >= 15 is 0 Å². The molecule has 0 unspecified atom stereocenters. The second kappa shape index (κ2) is 5.65. The molecule has 0 saturated heterocycles. The molecule has 1 N–H and O–H groups in total. The molecule has 0 aliphatic heterocycles. The van der Waals surface area contributed by atoms with Gasteiger partial charge in [0.15, 0.2) is 0 Å². The number of aromatic nitrogens is 1. The molecule has 2 nitrogen and oxygen atoms in total. The smallest absolute Gasteiger partial charge is 0.0595 e. The highest BCUT2D eigenvalue weighted by molar-refractivity contribution is 9.10. The molecule has 4 heteroatoms. The maximum absolute atomic E-state index is 4.32. The van der Waals surface area contributed by atoms with Crippen molar-refractivity contribution in [3.05, 3.63) is 56.7 Å². The maximum atomic E-state index is 4.32. The van der Waals surface area contributed by atoms with Gasteiger partial charge in [0.2, 0.25) is 0 Å². The minimum Gasteiger partial charge on any atom is -0.379 e. The summed E-state index contributed by atoms with van der Waals surface area (Å²) in [5.74, 6) is 0. The summed E-state index contributed by atoms with van der Waals surface area (Å²) in [6, 6.07) is 10.2. The van der Waals surface area contributed by atoms with Crippen molar-refractivity contribution in [1.29, 1.82) is 0 Å². The molecule has 1 heterocycles. The van der Waals surface area contributed by atoms with Crippen LogP contribution in [0.2, 0.25) is 0 Å². The molecular weight excluding hydrogens is 344 g/mol. The van der Waals surface area contributed by atoms with Crippen molar-refractivity contribution in [2.45, 2.75) is 13.5 Å². The Kier molecular flexibility index (Phi) is 4.18. The molecule has 0 amide bonds. The lowest BCUT2D eigenvalue weighted by molar-refractivity contribution is 1.04. The zero-order chi connectivity index (χ0) is 12.3. The number of hydrogen-bond acceptors (Lipinski definition) is 2. The molecule has 88 valence electrons. The Labute approximate surface area is 118 Å². The third-order valence-electron chi connectivity index (χ3n) is 2.45. The van der Waals surface area contributed by atoms with Gasteiger partial charge in [-0.2, -0.15) is 0 Å². The first-order valence-corrected chi connectivity index (χ1v) is 6.84. The Morgan fingerprint density at radius 3 is 2.59 bits per heavy atom. The number of nitrogens with zero attached hydrogens (tertiary/aromatic N) is 1. The summed E-state index contributed by atoms with van der Waals surface area (Å²) in [5, 5.41) is 3.38. The molecule has 0 saturated carbocycles. The SMILES string of the molecule is Cc1ccc(Br)cc1NCc1ccc(Br)cn1. The van der Waals surface area contributed by atoms with Gasteiger partial charge in [-0.05, 0) is 52.7 Å². The molecule has 0 bridgehead atoms. The van der Waals surface area contributed by atoms with Gasteiger partial charge in [-0.15, -0.1) is 0 Å². The fraction of sp³-hybridized carbons (Fsp3) is 0.154. The molecule has 17 heavy (non-hydrogen) atoms. The Morgan fingerprint density at radius 1 is 1.12 bits per heavy atom. The average Bonchev–Trinajstić information content (AvgIpc) is 2.32. The van der Waals surface area contributed by atoms with Crippen LogP contribution in [-0.2, 0) is 6.54 Å². The molecule has 0 atom stereocenters. The molecule has 1 aromatic carbocycles. The minimum absolute atomic E-state index is 0.727. The fourth-order valence-electron chi connectivity index (χ4n) is 1.48. The maximum Gasteiger partial charge on any atom is 0.0595 e. The number of rotatable bonds is 3. The number of anilines is 1. The number of pyridine rings is 1. The molecular formula is C13H12Br2N2. The number of halogens is 2. The predicted octanol–water partition coefficient (Wildman–Crippen LogP) is 4.53. The lowest BCUT2D eigenvalue weighted by Gasteiger charge is -2.09. The zero-order valence-electron chi connectivity index (χ0n) is 9.37. The Balaban J connectivity index is 2.07. The molecule has 0 radical (unpaired) electrons. The summed E-state index contributed by atoms with van der Waals surface area (Å²) in [6.07, 6.45) is 1.81. The van der Waals surface area contributed by atoms with Crippen LogP contribution in [0, 0.1) is 6.92 Å². The van der Waals surface area contributed by atoms with Gasteiger partial charge in [0, 0.05) is 20.8 Å². The highest BCUT2D eigenvalue weighted by atomic mass is 79.9. The second-order valence-electron chi connectivity index (χ2n) is 3.78. The van der Waals surface area contributed by atoms with Crippen LogP contribution in [0.15, 0.2) is 45.5 Å². The Bertz CT molecular complexity index is 509. The van der Waals surface area contributed by atoms with E-state index in [9.17, 15) is 0 Å². The topological polar surface area (TPSA) is 24.9 Å². The third-order valence-corrected chi connectivity index (χ3v) is 3.41. The van der Waals surface area contributed by atoms with Crippen molar-refractivity contribution < 1.29 is 0 Å². The number of benzene rings is 1. The molecule has 2 rings (SSSR count). The van der Waals surface area contributed by atoms with Crippen LogP contribution >= 0.6 is 31.9 Å². The van der Waals surface area contributed by atoms with E-state index in [-0.39, 0.29) is 0 Å². The van der Waals surface area contributed by atoms with Gasteiger partial charge in [0.1, 0.15) is 0 Å². The van der Waals surface area contributed by atoms with E-state index in [0.29, 0.717) is 0 Å². The minimum atomic E-state index is 0.727. The van der Waals surface area contributed by atoms with Crippen molar-refractivity contribution in [3.63, 3.8) is 0 Å². The zero-order valence-corrected chi connectivity index (χ0v) is 12.5. The van der Waals surface area contributed by atoms with Crippen molar-refractivity contribution in [2.75, 3.05) is 5.32 Å². The highest BCUT2D eigenvalue weighted by Gasteiger charge is 2.00. The summed E-state index contributed by atoms with van der Waals surface area (Å²) in [7, 11) is 0. The first-order chi connectivity index (χ1) is 8.15. The molecule has 1 aromatic heterocycles. The third kappa shape index (κ3) is 3.54. The van der Waals surface area contributed by atoms with Gasteiger partial charge in [0.05, 0.1) is 12.2 Å². The van der Waals surface area contributed by atoms with Crippen LogP contribution < -0.4 is 5.32 Å². The van der Waals surface area contributed by atoms with Crippen molar-refractivity contribution in [3.8, 4) is 0 Å². The van der Waals surface area contributed by atoms with E-state index in [2.05, 4.69) is 61.2 Å². The summed E-state index contributed by atoms with van der Waals surface area (Å²) >= 11 is 6.84. The van der Waals surface area contributed by atoms with Gasteiger partial charge >= 0.3 is 0 Å². The summed E-state index contributed by atoms with van der Waals surface area (Å²) in [4.78, 5) is 4.32. The van der Waals surface area contributed by atoms with E-state index in [0.717, 1.165) is 26.9 Å². The van der Waals surface area contributed by atoms with Crippen LogP contribution in [-0.4, -0.2) is 4.98 Å². The quantitative estimate of drug-likeness (QED) is 0.875. The molecule has 2 aromatic rings. The Morgan fingerprint density at radius 2 is 1.88 bits per heavy atom. The van der Waals surface area contributed by atoms with Crippen LogP contribution in [0.5, 0.6) is 0 Å². The van der Waals surface area contributed by atoms with Gasteiger partial charge in [-0.3, -0.25) is 4.98 Å². The average molecular weight is 356 g/mol. The predicted molar refractivity (Wildman–Crippen MR) is 78.1 cm³/mol. The largest absolute Gasteiger partial charge is 0.379 e. The molecule has 0 spiro atoms. The summed E-state index contributed by atoms with van der Waals surface area (Å²) in [6.45, 7) is 2.81. The van der Waals surface area contributed by atoms with E-state index in [4.69, 9.17) is 0 Å². The van der Waals surface area contributed by atoms with Crippen molar-refractivity contribution in [2.24, 2.45) is 0 Å². The lowest BCUT2D eigenvalue weighted by atomic mass is 10.2. The van der Waals surface area contributed by atoms with Gasteiger partial charge in [0.25, 0.3) is 0 Å². The second-order valence-corrected chi connectivity index (χ2v) is 5.61. The van der Waals surface area contributed by atoms with Crippen LogP contribution in [0.1, 0.15) is 11.3 Å². The molecule has 0 aliphatic rings. The molecule has 0 aliphatic carbocycles. The van der Waals surface area contributed by atoms with Gasteiger partial charge in [-0.1, -0.05) is 22.0 Å². The summed E-state index contributed by atoms with van der Waals surface area (Å²) < 4.78 is 2.08. The van der Waals surface area contributed by atoms with Crippen LogP contribution in [0.4, 0.5) is 5.69 Å². The van der Waals surface area contributed by atoms with Crippen LogP contribution in [0.25, 0.3) is 0 Å². The van der Waals surface area contributed by atoms with Crippen molar-refractivity contribution in [1.82, 2.24) is 4.98 Å². The van der Waals surface area contributed by atoms with E-state index in [1.165, 1.54) is 5.56 Å². The standard InChI is InChI=1S/C13H12Br2N2/c1-9-2-3-10(14)6-13(9)17-8-12-5-4-11(15)7-16-12/h2-7,17H,8H2,1H3.